The van der Waals surface area contributed by atoms with Crippen molar-refractivity contribution in [3.63, 3.8) is 0 Å². The van der Waals surface area contributed by atoms with Crippen LogP contribution in [0.25, 0.3) is 100 Å². The lowest BCUT2D eigenvalue weighted by molar-refractivity contribution is 0.669. The number of furan rings is 1. The Kier molecular flexibility index (Phi) is 7.52. The van der Waals surface area contributed by atoms with E-state index in [1.807, 2.05) is 12.1 Å². The Bertz CT molecular complexity index is 3550. The first-order chi connectivity index (χ1) is 30.7. The second-order valence-electron chi connectivity index (χ2n) is 16.4. The molecular formula is C59H36N2O. The van der Waals surface area contributed by atoms with Crippen molar-refractivity contribution in [3.05, 3.63) is 241 Å². The first-order valence-corrected chi connectivity index (χ1v) is 21.2. The molecule has 0 saturated carbocycles. The molecule has 0 fully saturated rings. The van der Waals surface area contributed by atoms with Crippen molar-refractivity contribution >= 4 is 21.9 Å². The van der Waals surface area contributed by atoms with Gasteiger partial charge in [-0.3, -0.25) is 0 Å². The zero-order chi connectivity index (χ0) is 40.8. The summed E-state index contributed by atoms with van der Waals surface area (Å²) in [4.78, 5) is 10.7. The monoisotopic (exact) mass is 788 g/mol. The standard InChI is InChI=1S/C59H36N2O/c1-2-15-37(16-3-1)38-17-14-18-41(33-38)58-60-54(36-55(61-58)40-29-31-48-47-24-9-13-28-56(47)62-57(48)35-40)39-30-32-53-49(34-39)43-20-5-4-19-42(43)44-21-6-10-25-50(44)59(53)51-26-11-7-22-45(51)46-23-8-12-27-52(46)59/h1-36H. The van der Waals surface area contributed by atoms with Gasteiger partial charge < -0.3 is 4.42 Å². The zero-order valence-corrected chi connectivity index (χ0v) is 33.6. The van der Waals surface area contributed by atoms with E-state index in [1.165, 1.54) is 55.6 Å². The lowest BCUT2D eigenvalue weighted by atomic mass is 9.66. The van der Waals surface area contributed by atoms with Gasteiger partial charge in [-0.05, 0) is 103 Å². The van der Waals surface area contributed by atoms with Crippen LogP contribution in [0.15, 0.2) is 223 Å². The SMILES string of the molecule is c1ccc(-c2cccc(-c3nc(-c4ccc5c(c4)-c4ccccc4-c4ccccc4C54c5ccccc5-c5ccccc54)cc(-c4ccc5c(c4)oc4ccccc45)n3)c2)cc1. The second-order valence-corrected chi connectivity index (χ2v) is 16.4. The quantitative estimate of drug-likeness (QED) is 0.178. The average Bonchev–Trinajstić information content (AvgIpc) is 3.84. The fourth-order valence-corrected chi connectivity index (χ4v) is 10.4. The van der Waals surface area contributed by atoms with Gasteiger partial charge in [0.15, 0.2) is 5.82 Å². The van der Waals surface area contributed by atoms with Crippen molar-refractivity contribution in [2.45, 2.75) is 5.41 Å². The number of rotatable bonds is 4. The predicted molar refractivity (Wildman–Crippen MR) is 253 cm³/mol. The molecule has 13 rings (SSSR count). The molecule has 0 aliphatic heterocycles. The molecule has 0 atom stereocenters. The van der Waals surface area contributed by atoms with Crippen LogP contribution in [-0.4, -0.2) is 9.97 Å². The number of nitrogens with zero attached hydrogens (tertiary/aromatic N) is 2. The fourth-order valence-electron chi connectivity index (χ4n) is 10.4. The van der Waals surface area contributed by atoms with E-state index in [-0.39, 0.29) is 0 Å². The van der Waals surface area contributed by atoms with Crippen molar-refractivity contribution in [1.29, 1.82) is 0 Å². The summed E-state index contributed by atoms with van der Waals surface area (Å²) in [6.45, 7) is 0. The highest BCUT2D eigenvalue weighted by molar-refractivity contribution is 6.06. The summed E-state index contributed by atoms with van der Waals surface area (Å²) in [5, 5.41) is 2.19. The van der Waals surface area contributed by atoms with E-state index in [4.69, 9.17) is 14.4 Å². The van der Waals surface area contributed by atoms with Gasteiger partial charge in [0.2, 0.25) is 0 Å². The first-order valence-electron chi connectivity index (χ1n) is 21.2. The topological polar surface area (TPSA) is 38.9 Å². The van der Waals surface area contributed by atoms with Gasteiger partial charge in [-0.25, -0.2) is 9.97 Å². The molecule has 62 heavy (non-hydrogen) atoms. The van der Waals surface area contributed by atoms with E-state index in [0.717, 1.165) is 61.1 Å². The Morgan fingerprint density at radius 3 is 1.50 bits per heavy atom. The molecule has 3 heteroatoms. The number of aromatic nitrogens is 2. The van der Waals surface area contributed by atoms with Crippen molar-refractivity contribution in [2.24, 2.45) is 0 Å². The summed E-state index contributed by atoms with van der Waals surface area (Å²) in [6, 6.07) is 78.8. The summed E-state index contributed by atoms with van der Waals surface area (Å²) in [5.41, 5.74) is 20.6. The number of para-hydroxylation sites is 1. The maximum absolute atomic E-state index is 6.40. The van der Waals surface area contributed by atoms with Crippen molar-refractivity contribution < 1.29 is 4.42 Å². The van der Waals surface area contributed by atoms with E-state index in [1.54, 1.807) is 0 Å². The molecule has 11 aromatic rings. The summed E-state index contributed by atoms with van der Waals surface area (Å²) in [5.74, 6) is 0.665. The molecular weight excluding hydrogens is 753 g/mol. The summed E-state index contributed by atoms with van der Waals surface area (Å²) in [7, 11) is 0. The van der Waals surface area contributed by atoms with Gasteiger partial charge in [-0.1, -0.05) is 182 Å². The van der Waals surface area contributed by atoms with Crippen LogP contribution in [0.2, 0.25) is 0 Å². The van der Waals surface area contributed by atoms with E-state index in [0.29, 0.717) is 5.82 Å². The van der Waals surface area contributed by atoms with Crippen LogP contribution in [0, 0.1) is 0 Å². The molecule has 2 aliphatic rings. The Morgan fingerprint density at radius 1 is 0.290 bits per heavy atom. The number of benzene rings is 9. The maximum Gasteiger partial charge on any atom is 0.160 e. The lowest BCUT2D eigenvalue weighted by Gasteiger charge is -2.35. The molecule has 0 bridgehead atoms. The van der Waals surface area contributed by atoms with Crippen LogP contribution in [0.5, 0.6) is 0 Å². The normalized spacial score (nSPS) is 13.0. The highest BCUT2D eigenvalue weighted by Crippen LogP contribution is 2.61. The summed E-state index contributed by atoms with van der Waals surface area (Å²) < 4.78 is 6.40. The summed E-state index contributed by atoms with van der Waals surface area (Å²) >= 11 is 0. The first kappa shape index (κ1) is 34.7. The minimum atomic E-state index is -0.543. The predicted octanol–water partition coefficient (Wildman–Crippen LogP) is 15.1. The molecule has 0 radical (unpaired) electrons. The molecule has 2 aliphatic carbocycles. The molecule has 1 spiro atoms. The fraction of sp³-hybridized carbons (Fsp3) is 0.0169. The van der Waals surface area contributed by atoms with Gasteiger partial charge in [0.25, 0.3) is 0 Å². The van der Waals surface area contributed by atoms with E-state index >= 15 is 0 Å². The van der Waals surface area contributed by atoms with Gasteiger partial charge >= 0.3 is 0 Å². The van der Waals surface area contributed by atoms with Gasteiger partial charge in [0, 0.05) is 27.5 Å². The van der Waals surface area contributed by atoms with Gasteiger partial charge in [-0.15, -0.1) is 0 Å². The largest absolute Gasteiger partial charge is 0.456 e. The molecule has 2 aromatic heterocycles. The molecule has 0 saturated heterocycles. The highest BCUT2D eigenvalue weighted by atomic mass is 16.3. The van der Waals surface area contributed by atoms with Crippen molar-refractivity contribution in [1.82, 2.24) is 9.97 Å². The van der Waals surface area contributed by atoms with Gasteiger partial charge in [0.05, 0.1) is 16.8 Å². The zero-order valence-electron chi connectivity index (χ0n) is 33.6. The van der Waals surface area contributed by atoms with Crippen LogP contribution in [0.4, 0.5) is 0 Å². The smallest absolute Gasteiger partial charge is 0.160 e. The van der Waals surface area contributed by atoms with E-state index in [2.05, 4.69) is 206 Å². The Balaban J connectivity index is 1.07. The van der Waals surface area contributed by atoms with Crippen LogP contribution >= 0.6 is 0 Å². The van der Waals surface area contributed by atoms with Crippen molar-refractivity contribution in [2.75, 3.05) is 0 Å². The molecule has 3 nitrogen and oxygen atoms in total. The van der Waals surface area contributed by atoms with Crippen molar-refractivity contribution in [3.8, 4) is 78.4 Å². The molecule has 9 aromatic carbocycles. The van der Waals surface area contributed by atoms with Crippen LogP contribution in [0.1, 0.15) is 22.3 Å². The summed E-state index contributed by atoms with van der Waals surface area (Å²) in [6.07, 6.45) is 0. The second kappa shape index (κ2) is 13.4. The minimum Gasteiger partial charge on any atom is -0.456 e. The Morgan fingerprint density at radius 2 is 0.790 bits per heavy atom. The number of hydrogen-bond donors (Lipinski definition) is 0. The third-order valence-electron chi connectivity index (χ3n) is 13.1. The molecule has 2 heterocycles. The Labute approximate surface area is 359 Å². The third-order valence-corrected chi connectivity index (χ3v) is 13.1. The lowest BCUT2D eigenvalue weighted by Crippen LogP contribution is -2.29. The maximum atomic E-state index is 6.40. The molecule has 0 N–H and O–H groups in total. The highest BCUT2D eigenvalue weighted by Gasteiger charge is 2.49. The van der Waals surface area contributed by atoms with Crippen LogP contribution < -0.4 is 0 Å². The molecule has 0 amide bonds. The molecule has 0 unspecified atom stereocenters. The van der Waals surface area contributed by atoms with Crippen LogP contribution in [0.3, 0.4) is 0 Å². The van der Waals surface area contributed by atoms with E-state index < -0.39 is 5.41 Å². The van der Waals surface area contributed by atoms with E-state index in [9.17, 15) is 0 Å². The average molecular weight is 789 g/mol. The van der Waals surface area contributed by atoms with Gasteiger partial charge in [0.1, 0.15) is 11.2 Å². The minimum absolute atomic E-state index is 0.543. The third kappa shape index (κ3) is 5.06. The number of fused-ring (bicyclic) bond motifs is 15. The number of hydrogen-bond acceptors (Lipinski definition) is 3. The molecule has 288 valence electrons. The van der Waals surface area contributed by atoms with Gasteiger partial charge in [-0.2, -0.15) is 0 Å². The Hall–Kier alpha value is -8.14. The van der Waals surface area contributed by atoms with Crippen LogP contribution in [-0.2, 0) is 5.41 Å².